The Balaban J connectivity index is 1.97. The van der Waals surface area contributed by atoms with Gasteiger partial charge in [-0.25, -0.2) is 0 Å². The molecule has 0 atom stereocenters. The average Bonchev–Trinajstić information content (AvgIpc) is 2.21. The zero-order chi connectivity index (χ0) is 8.93. The van der Waals surface area contributed by atoms with Crippen molar-refractivity contribution in [2.24, 2.45) is 0 Å². The summed E-state index contributed by atoms with van der Waals surface area (Å²) in [5, 5.41) is 0. The molecule has 0 saturated heterocycles. The van der Waals surface area contributed by atoms with Gasteiger partial charge in [0.2, 0.25) is 0 Å². The Morgan fingerprint density at radius 3 is 1.85 bits per heavy atom. The lowest BCUT2D eigenvalue weighted by Crippen LogP contribution is -1.99. The highest BCUT2D eigenvalue weighted by atomic mass is 16.5. The van der Waals surface area contributed by atoms with Crippen molar-refractivity contribution in [3.05, 3.63) is 48.3 Å². The quantitative estimate of drug-likeness (QED) is 0.646. The van der Waals surface area contributed by atoms with E-state index in [9.17, 15) is 0 Å². The minimum absolute atomic E-state index is 0.609. The van der Waals surface area contributed by atoms with Gasteiger partial charge in [0.25, 0.3) is 0 Å². The maximum Gasteiger partial charge on any atom is 0.161 e. The second kappa shape index (κ2) is 3.85. The van der Waals surface area contributed by atoms with Gasteiger partial charge in [0.05, 0.1) is 0 Å². The van der Waals surface area contributed by atoms with Gasteiger partial charge >= 0.3 is 0 Å². The van der Waals surface area contributed by atoms with Crippen LogP contribution in [0.1, 0.15) is 0 Å². The van der Waals surface area contributed by atoms with Crippen LogP contribution in [0.25, 0.3) is 0 Å². The van der Waals surface area contributed by atoms with E-state index >= 15 is 0 Å². The van der Waals surface area contributed by atoms with E-state index in [-0.39, 0.29) is 0 Å². The standard InChI is InChI=1S/C10H10O3/c1-3-9(7-11-5-1)13-10-4-2-6-12-8-10/h1-4,7-8H,5-6H2. The highest BCUT2D eigenvalue weighted by molar-refractivity contribution is 5.20. The molecule has 0 bridgehead atoms. The molecule has 3 heteroatoms. The van der Waals surface area contributed by atoms with Crippen molar-refractivity contribution in [2.45, 2.75) is 0 Å². The summed E-state index contributed by atoms with van der Waals surface area (Å²) in [5.74, 6) is 1.38. The molecule has 0 radical (unpaired) electrons. The van der Waals surface area contributed by atoms with Crippen LogP contribution in [0.4, 0.5) is 0 Å². The Morgan fingerprint density at radius 2 is 1.46 bits per heavy atom. The minimum atomic E-state index is 0.609. The summed E-state index contributed by atoms with van der Waals surface area (Å²) in [4.78, 5) is 0. The average molecular weight is 178 g/mol. The maximum absolute atomic E-state index is 5.43. The van der Waals surface area contributed by atoms with Gasteiger partial charge in [0, 0.05) is 0 Å². The molecule has 0 N–H and O–H groups in total. The van der Waals surface area contributed by atoms with Gasteiger partial charge in [0.1, 0.15) is 25.7 Å². The van der Waals surface area contributed by atoms with E-state index in [2.05, 4.69) is 0 Å². The monoisotopic (exact) mass is 178 g/mol. The molecule has 0 aromatic rings. The number of ether oxygens (including phenoxy) is 3. The van der Waals surface area contributed by atoms with E-state index in [1.54, 1.807) is 12.5 Å². The topological polar surface area (TPSA) is 27.7 Å². The lowest BCUT2D eigenvalue weighted by Gasteiger charge is -2.12. The van der Waals surface area contributed by atoms with Gasteiger partial charge in [-0.05, 0) is 24.3 Å². The molecule has 2 aliphatic rings. The first-order valence-corrected chi connectivity index (χ1v) is 4.09. The van der Waals surface area contributed by atoms with Gasteiger partial charge in [-0.3, -0.25) is 0 Å². The van der Waals surface area contributed by atoms with Gasteiger partial charge < -0.3 is 14.2 Å². The lowest BCUT2D eigenvalue weighted by molar-refractivity contribution is 0.217. The van der Waals surface area contributed by atoms with Crippen LogP contribution in [-0.2, 0) is 14.2 Å². The summed E-state index contributed by atoms with van der Waals surface area (Å²) in [7, 11) is 0. The van der Waals surface area contributed by atoms with Crippen LogP contribution in [0.3, 0.4) is 0 Å². The summed E-state index contributed by atoms with van der Waals surface area (Å²) in [6.45, 7) is 1.22. The van der Waals surface area contributed by atoms with Crippen LogP contribution >= 0.6 is 0 Å². The van der Waals surface area contributed by atoms with Gasteiger partial charge in [-0.15, -0.1) is 0 Å². The molecule has 0 saturated carbocycles. The van der Waals surface area contributed by atoms with Crippen LogP contribution in [-0.4, -0.2) is 13.2 Å². The van der Waals surface area contributed by atoms with Crippen LogP contribution in [0.2, 0.25) is 0 Å². The molecule has 0 aromatic carbocycles. The Bertz CT molecular complexity index is 267. The molecular weight excluding hydrogens is 168 g/mol. The molecule has 2 rings (SSSR count). The first kappa shape index (κ1) is 7.98. The second-order valence-electron chi connectivity index (χ2n) is 2.61. The Labute approximate surface area is 76.6 Å². The highest BCUT2D eigenvalue weighted by Gasteiger charge is 2.03. The van der Waals surface area contributed by atoms with E-state index in [1.807, 2.05) is 24.3 Å². The van der Waals surface area contributed by atoms with Crippen molar-refractivity contribution in [3.63, 3.8) is 0 Å². The van der Waals surface area contributed by atoms with Crippen molar-refractivity contribution in [1.29, 1.82) is 0 Å². The van der Waals surface area contributed by atoms with Gasteiger partial charge in [0.15, 0.2) is 11.5 Å². The summed E-state index contributed by atoms with van der Waals surface area (Å²) in [6.07, 6.45) is 10.7. The predicted octanol–water partition coefficient (Wildman–Crippen LogP) is 1.86. The molecule has 0 fully saturated rings. The van der Waals surface area contributed by atoms with Crippen molar-refractivity contribution < 1.29 is 14.2 Å². The van der Waals surface area contributed by atoms with E-state index in [0.29, 0.717) is 24.7 Å². The first-order valence-electron chi connectivity index (χ1n) is 4.09. The molecule has 0 amide bonds. The van der Waals surface area contributed by atoms with E-state index in [0.717, 1.165) is 0 Å². The Hall–Kier alpha value is -1.64. The first-order chi connectivity index (χ1) is 6.45. The predicted molar refractivity (Wildman–Crippen MR) is 47.4 cm³/mol. The van der Waals surface area contributed by atoms with Gasteiger partial charge in [-0.2, -0.15) is 0 Å². The second-order valence-corrected chi connectivity index (χ2v) is 2.61. The van der Waals surface area contributed by atoms with Crippen LogP contribution in [0.15, 0.2) is 48.3 Å². The number of allylic oxidation sites excluding steroid dienone is 2. The Kier molecular flexibility index (Phi) is 2.36. The molecule has 0 unspecified atom stereocenters. The molecular formula is C10H10O3. The van der Waals surface area contributed by atoms with Crippen LogP contribution in [0.5, 0.6) is 0 Å². The zero-order valence-corrected chi connectivity index (χ0v) is 7.10. The third-order valence-corrected chi connectivity index (χ3v) is 1.58. The van der Waals surface area contributed by atoms with Crippen molar-refractivity contribution in [3.8, 4) is 0 Å². The largest absolute Gasteiger partial charge is 0.493 e. The maximum atomic E-state index is 5.43. The normalized spacial score (nSPS) is 19.7. The molecule has 0 spiro atoms. The summed E-state index contributed by atoms with van der Waals surface area (Å²) in [6, 6.07) is 0. The van der Waals surface area contributed by atoms with E-state index in [1.165, 1.54) is 0 Å². The molecule has 2 heterocycles. The molecule has 68 valence electrons. The smallest absolute Gasteiger partial charge is 0.161 e. The molecule has 0 aromatic heterocycles. The van der Waals surface area contributed by atoms with Crippen LogP contribution < -0.4 is 0 Å². The van der Waals surface area contributed by atoms with E-state index < -0.39 is 0 Å². The molecule has 2 aliphatic heterocycles. The fourth-order valence-corrected chi connectivity index (χ4v) is 1.03. The van der Waals surface area contributed by atoms with Gasteiger partial charge in [-0.1, -0.05) is 0 Å². The SMILES string of the molecule is C1=CC(OC2=COCC=C2)=COC1. The number of hydrogen-bond donors (Lipinski definition) is 0. The number of hydrogen-bond acceptors (Lipinski definition) is 3. The fourth-order valence-electron chi connectivity index (χ4n) is 1.03. The summed E-state index contributed by atoms with van der Waals surface area (Å²) in [5.41, 5.74) is 0. The van der Waals surface area contributed by atoms with E-state index in [4.69, 9.17) is 14.2 Å². The van der Waals surface area contributed by atoms with Crippen LogP contribution in [0, 0.1) is 0 Å². The van der Waals surface area contributed by atoms with Crippen molar-refractivity contribution in [1.82, 2.24) is 0 Å². The summed E-state index contributed by atoms with van der Waals surface area (Å²) < 4.78 is 15.5. The summed E-state index contributed by atoms with van der Waals surface area (Å²) >= 11 is 0. The Morgan fingerprint density at radius 1 is 0.923 bits per heavy atom. The lowest BCUT2D eigenvalue weighted by atomic mass is 10.4. The molecule has 3 nitrogen and oxygen atoms in total. The minimum Gasteiger partial charge on any atom is -0.493 e. The fraction of sp³-hybridized carbons (Fsp3) is 0.200. The number of rotatable bonds is 2. The molecule has 13 heavy (non-hydrogen) atoms. The third kappa shape index (κ3) is 2.15. The third-order valence-electron chi connectivity index (χ3n) is 1.58. The zero-order valence-electron chi connectivity index (χ0n) is 7.10. The molecule has 0 aliphatic carbocycles. The van der Waals surface area contributed by atoms with Crippen molar-refractivity contribution >= 4 is 0 Å². The highest BCUT2D eigenvalue weighted by Crippen LogP contribution is 2.14. The van der Waals surface area contributed by atoms with Crippen molar-refractivity contribution in [2.75, 3.05) is 13.2 Å².